The predicted octanol–water partition coefficient (Wildman–Crippen LogP) is 5.74. The number of methoxy groups -OCH3 is 1. The fourth-order valence-electron chi connectivity index (χ4n) is 3.11. The zero-order chi connectivity index (χ0) is 24.1. The van der Waals surface area contributed by atoms with Crippen molar-refractivity contribution in [2.24, 2.45) is 0 Å². The van der Waals surface area contributed by atoms with E-state index in [0.717, 1.165) is 17.1 Å². The van der Waals surface area contributed by atoms with E-state index in [1.165, 1.54) is 12.1 Å². The summed E-state index contributed by atoms with van der Waals surface area (Å²) in [6.45, 7) is 1.87. The number of ether oxygens (including phenoxy) is 1. The minimum atomic E-state index is -3.75. The van der Waals surface area contributed by atoms with Gasteiger partial charge in [-0.3, -0.25) is 4.72 Å². The van der Waals surface area contributed by atoms with Crippen molar-refractivity contribution in [3.8, 4) is 5.75 Å². The highest BCUT2D eigenvalue weighted by Crippen LogP contribution is 2.23. The van der Waals surface area contributed by atoms with Crippen molar-refractivity contribution < 1.29 is 13.2 Å². The van der Waals surface area contributed by atoms with Gasteiger partial charge in [-0.25, -0.2) is 13.4 Å². The van der Waals surface area contributed by atoms with Crippen molar-refractivity contribution in [1.29, 1.82) is 0 Å². The van der Waals surface area contributed by atoms with Gasteiger partial charge in [-0.05, 0) is 73.7 Å². The summed E-state index contributed by atoms with van der Waals surface area (Å²) in [5.41, 5.74) is 2.75. The average molecular weight is 496 g/mol. The lowest BCUT2D eigenvalue weighted by Crippen LogP contribution is -2.12. The maximum atomic E-state index is 12.6. The van der Waals surface area contributed by atoms with E-state index in [-0.39, 0.29) is 4.90 Å². The summed E-state index contributed by atoms with van der Waals surface area (Å²) >= 11 is 5.91. The lowest BCUT2D eigenvalue weighted by molar-refractivity contribution is 0.415. The van der Waals surface area contributed by atoms with Gasteiger partial charge in [0.1, 0.15) is 11.6 Å². The number of nitrogens with zero attached hydrogens (tertiary/aromatic N) is 2. The molecule has 1 aromatic heterocycles. The molecule has 0 unspecified atom stereocenters. The molecule has 174 valence electrons. The van der Waals surface area contributed by atoms with E-state index in [9.17, 15) is 8.42 Å². The summed E-state index contributed by atoms with van der Waals surface area (Å²) < 4.78 is 32.9. The first-order valence-corrected chi connectivity index (χ1v) is 12.1. The molecule has 8 nitrogen and oxygen atoms in total. The topological polar surface area (TPSA) is 105 Å². The molecule has 3 N–H and O–H groups in total. The highest BCUT2D eigenvalue weighted by molar-refractivity contribution is 7.92. The SMILES string of the molecule is COc1ccc(Nc2cc(C)nc(Nc3ccc(NS(=O)(=O)c4cccc(Cl)c4)cc3)n2)cc1. The molecule has 0 amide bonds. The molecular formula is C24H22ClN5O3S. The number of halogens is 1. The van der Waals surface area contributed by atoms with Crippen molar-refractivity contribution in [3.05, 3.63) is 89.6 Å². The highest BCUT2D eigenvalue weighted by atomic mass is 35.5. The van der Waals surface area contributed by atoms with Crippen LogP contribution in [0.4, 0.5) is 28.8 Å². The predicted molar refractivity (Wildman–Crippen MR) is 135 cm³/mol. The summed E-state index contributed by atoms with van der Waals surface area (Å²) in [6, 6.07) is 22.2. The van der Waals surface area contributed by atoms with Gasteiger partial charge in [0.15, 0.2) is 0 Å². The van der Waals surface area contributed by atoms with Gasteiger partial charge in [0.2, 0.25) is 5.95 Å². The number of benzene rings is 3. The van der Waals surface area contributed by atoms with Crippen LogP contribution >= 0.6 is 11.6 Å². The van der Waals surface area contributed by atoms with Crippen molar-refractivity contribution in [2.45, 2.75) is 11.8 Å². The molecule has 1 heterocycles. The molecule has 0 aliphatic carbocycles. The van der Waals surface area contributed by atoms with Gasteiger partial charge in [-0.15, -0.1) is 0 Å². The van der Waals surface area contributed by atoms with Crippen molar-refractivity contribution >= 4 is 50.5 Å². The maximum absolute atomic E-state index is 12.6. The van der Waals surface area contributed by atoms with E-state index in [2.05, 4.69) is 25.3 Å². The van der Waals surface area contributed by atoms with E-state index < -0.39 is 10.0 Å². The number of rotatable bonds is 8. The summed E-state index contributed by atoms with van der Waals surface area (Å²) in [5, 5.41) is 6.73. The molecule has 0 aliphatic rings. The minimum Gasteiger partial charge on any atom is -0.497 e. The molecular weight excluding hydrogens is 474 g/mol. The van der Waals surface area contributed by atoms with Crippen LogP contribution < -0.4 is 20.1 Å². The minimum absolute atomic E-state index is 0.0900. The number of aryl methyl sites for hydroxylation is 1. The highest BCUT2D eigenvalue weighted by Gasteiger charge is 2.14. The molecule has 0 saturated heterocycles. The number of sulfonamides is 1. The van der Waals surface area contributed by atoms with Crippen LogP contribution in [0.15, 0.2) is 83.8 Å². The summed E-state index contributed by atoms with van der Waals surface area (Å²) in [4.78, 5) is 9.02. The first-order valence-electron chi connectivity index (χ1n) is 10.2. The lowest BCUT2D eigenvalue weighted by atomic mass is 10.3. The molecule has 0 saturated carbocycles. The molecule has 4 aromatic rings. The number of nitrogens with one attached hydrogen (secondary N) is 3. The van der Waals surface area contributed by atoms with Gasteiger partial charge in [-0.2, -0.15) is 4.98 Å². The van der Waals surface area contributed by atoms with Crippen LogP contribution in [-0.4, -0.2) is 25.5 Å². The Balaban J connectivity index is 1.45. The summed E-state index contributed by atoms with van der Waals surface area (Å²) in [7, 11) is -2.13. The van der Waals surface area contributed by atoms with E-state index in [1.807, 2.05) is 37.3 Å². The number of hydrogen-bond donors (Lipinski definition) is 3. The molecule has 0 radical (unpaired) electrons. The molecule has 0 aliphatic heterocycles. The van der Waals surface area contributed by atoms with Gasteiger partial charge in [0, 0.05) is 33.8 Å². The Kier molecular flexibility index (Phi) is 6.85. The van der Waals surface area contributed by atoms with Gasteiger partial charge in [0.05, 0.1) is 12.0 Å². The fourth-order valence-corrected chi connectivity index (χ4v) is 4.47. The van der Waals surface area contributed by atoms with Crippen LogP contribution in [-0.2, 0) is 10.0 Å². The third-order valence-electron chi connectivity index (χ3n) is 4.72. The van der Waals surface area contributed by atoms with Crippen LogP contribution in [0.2, 0.25) is 5.02 Å². The molecule has 0 atom stereocenters. The van der Waals surface area contributed by atoms with E-state index in [4.69, 9.17) is 16.3 Å². The number of anilines is 5. The second-order valence-corrected chi connectivity index (χ2v) is 9.46. The largest absolute Gasteiger partial charge is 0.497 e. The van der Waals surface area contributed by atoms with Gasteiger partial charge >= 0.3 is 0 Å². The third-order valence-corrected chi connectivity index (χ3v) is 6.33. The Bertz CT molecular complexity index is 1400. The van der Waals surface area contributed by atoms with E-state index in [0.29, 0.717) is 28.2 Å². The van der Waals surface area contributed by atoms with Crippen molar-refractivity contribution in [2.75, 3.05) is 22.5 Å². The molecule has 0 fully saturated rings. The normalized spacial score (nSPS) is 11.0. The molecule has 0 spiro atoms. The fraction of sp³-hybridized carbons (Fsp3) is 0.0833. The number of hydrogen-bond acceptors (Lipinski definition) is 7. The van der Waals surface area contributed by atoms with Crippen LogP contribution in [0.1, 0.15) is 5.69 Å². The Morgan fingerprint density at radius 1 is 0.824 bits per heavy atom. The van der Waals surface area contributed by atoms with E-state index >= 15 is 0 Å². The van der Waals surface area contributed by atoms with Crippen LogP contribution in [0.3, 0.4) is 0 Å². The first kappa shape index (κ1) is 23.3. The average Bonchev–Trinajstić information content (AvgIpc) is 2.80. The van der Waals surface area contributed by atoms with Gasteiger partial charge < -0.3 is 15.4 Å². The summed E-state index contributed by atoms with van der Waals surface area (Å²) in [6.07, 6.45) is 0. The lowest BCUT2D eigenvalue weighted by Gasteiger charge is -2.12. The second-order valence-electron chi connectivity index (χ2n) is 7.34. The molecule has 0 bridgehead atoms. The van der Waals surface area contributed by atoms with Crippen molar-refractivity contribution in [1.82, 2.24) is 9.97 Å². The van der Waals surface area contributed by atoms with Gasteiger partial charge in [-0.1, -0.05) is 17.7 Å². The monoisotopic (exact) mass is 495 g/mol. The first-order chi connectivity index (χ1) is 16.3. The Hall–Kier alpha value is -3.82. The maximum Gasteiger partial charge on any atom is 0.261 e. The van der Waals surface area contributed by atoms with E-state index in [1.54, 1.807) is 43.5 Å². The standard InChI is InChI=1S/C24H22ClN5O3S/c1-16-14-23(27-18-10-12-21(33-2)13-11-18)29-24(26-16)28-19-6-8-20(9-7-19)30-34(31,32)22-5-3-4-17(25)15-22/h3-15,30H,1-2H3,(H2,26,27,28,29). The molecule has 3 aromatic carbocycles. The molecule has 4 rings (SSSR count). The Labute approximate surface area is 203 Å². The van der Waals surface area contributed by atoms with Crippen molar-refractivity contribution in [3.63, 3.8) is 0 Å². The second kappa shape index (κ2) is 9.98. The van der Waals surface area contributed by atoms with Crippen LogP contribution in [0.25, 0.3) is 0 Å². The van der Waals surface area contributed by atoms with Crippen LogP contribution in [0, 0.1) is 6.92 Å². The van der Waals surface area contributed by atoms with Crippen LogP contribution in [0.5, 0.6) is 5.75 Å². The smallest absolute Gasteiger partial charge is 0.261 e. The third kappa shape index (κ3) is 5.94. The zero-order valence-electron chi connectivity index (χ0n) is 18.4. The molecule has 10 heteroatoms. The Morgan fingerprint density at radius 3 is 2.15 bits per heavy atom. The van der Waals surface area contributed by atoms with Gasteiger partial charge in [0.25, 0.3) is 10.0 Å². The quantitative estimate of drug-likeness (QED) is 0.286. The zero-order valence-corrected chi connectivity index (χ0v) is 20.0. The Morgan fingerprint density at radius 2 is 1.47 bits per heavy atom. The molecule has 34 heavy (non-hydrogen) atoms. The number of aromatic nitrogens is 2. The summed E-state index contributed by atoms with van der Waals surface area (Å²) in [5.74, 6) is 1.81.